The van der Waals surface area contributed by atoms with Gasteiger partial charge in [0.15, 0.2) is 0 Å². The van der Waals surface area contributed by atoms with Crippen molar-refractivity contribution in [3.05, 3.63) is 88.7 Å². The fourth-order valence-corrected chi connectivity index (χ4v) is 4.02. The average Bonchev–Trinajstić information content (AvgIpc) is 3.10. The summed E-state index contributed by atoms with van der Waals surface area (Å²) < 4.78 is 5.44. The molecule has 4 rings (SSSR count). The topological polar surface area (TPSA) is 88.5 Å². The van der Waals surface area contributed by atoms with Crippen molar-refractivity contribution in [3.63, 3.8) is 0 Å². The van der Waals surface area contributed by atoms with E-state index in [1.54, 1.807) is 18.3 Å². The molecule has 1 aromatic heterocycles. The second-order valence-corrected chi connectivity index (χ2v) is 7.78. The number of carbonyl (C=O) groups is 2. The van der Waals surface area contributed by atoms with Gasteiger partial charge in [0.1, 0.15) is 17.8 Å². The predicted octanol–water partition coefficient (Wildman–Crippen LogP) is 4.66. The number of hydrogen-bond acceptors (Lipinski definition) is 4. The molecule has 0 spiro atoms. The van der Waals surface area contributed by atoms with Crippen LogP contribution in [0.5, 0.6) is 0 Å². The molecule has 158 valence electrons. The van der Waals surface area contributed by atoms with Crippen LogP contribution in [0.15, 0.2) is 66.9 Å². The number of carboxylic acids is 1. The Balaban J connectivity index is 1.38. The number of pyridine rings is 1. The van der Waals surface area contributed by atoms with Crippen molar-refractivity contribution in [2.24, 2.45) is 0 Å². The van der Waals surface area contributed by atoms with E-state index in [1.807, 2.05) is 36.4 Å². The van der Waals surface area contributed by atoms with E-state index in [9.17, 15) is 14.7 Å². The number of carboxylic acid groups (broad SMARTS) is 1. The lowest BCUT2D eigenvalue weighted by molar-refractivity contribution is -0.139. The van der Waals surface area contributed by atoms with Gasteiger partial charge in [-0.25, -0.2) is 14.6 Å². The average molecular weight is 437 g/mol. The Kier molecular flexibility index (Phi) is 6.18. The summed E-state index contributed by atoms with van der Waals surface area (Å²) >= 11 is 5.77. The Morgan fingerprint density at radius 2 is 1.68 bits per heavy atom. The van der Waals surface area contributed by atoms with Crippen LogP contribution < -0.4 is 5.32 Å². The van der Waals surface area contributed by atoms with Crippen LogP contribution in [0.2, 0.25) is 5.15 Å². The zero-order valence-corrected chi connectivity index (χ0v) is 17.4. The maximum Gasteiger partial charge on any atom is 0.407 e. The summed E-state index contributed by atoms with van der Waals surface area (Å²) in [5, 5.41) is 12.3. The molecule has 0 fully saturated rings. The predicted molar refractivity (Wildman–Crippen MR) is 117 cm³/mol. The fourth-order valence-electron chi connectivity index (χ4n) is 3.91. The minimum atomic E-state index is -1.12. The monoisotopic (exact) mass is 436 g/mol. The molecule has 31 heavy (non-hydrogen) atoms. The summed E-state index contributed by atoms with van der Waals surface area (Å²) in [7, 11) is 0. The Morgan fingerprint density at radius 3 is 2.26 bits per heavy atom. The van der Waals surface area contributed by atoms with Gasteiger partial charge < -0.3 is 15.2 Å². The third kappa shape index (κ3) is 4.70. The number of fused-ring (bicyclic) bond motifs is 3. The first-order valence-electron chi connectivity index (χ1n) is 9.97. The van der Waals surface area contributed by atoms with Crippen LogP contribution in [-0.2, 0) is 16.0 Å². The van der Waals surface area contributed by atoms with Gasteiger partial charge in [-0.3, -0.25) is 0 Å². The maximum atomic E-state index is 12.4. The van der Waals surface area contributed by atoms with Gasteiger partial charge in [-0.1, -0.05) is 66.2 Å². The van der Waals surface area contributed by atoms with Crippen molar-refractivity contribution in [2.75, 3.05) is 6.61 Å². The highest BCUT2D eigenvalue weighted by Gasteiger charge is 2.29. The zero-order valence-electron chi connectivity index (χ0n) is 16.6. The molecule has 1 aliphatic carbocycles. The van der Waals surface area contributed by atoms with Crippen LogP contribution in [0.1, 0.15) is 29.0 Å². The van der Waals surface area contributed by atoms with E-state index in [4.69, 9.17) is 16.3 Å². The van der Waals surface area contributed by atoms with Crippen molar-refractivity contribution >= 4 is 23.7 Å². The number of aliphatic carboxylic acids is 1. The summed E-state index contributed by atoms with van der Waals surface area (Å²) in [6.07, 6.45) is 1.49. The largest absolute Gasteiger partial charge is 0.480 e. The third-order valence-corrected chi connectivity index (χ3v) is 5.67. The quantitative estimate of drug-likeness (QED) is 0.526. The lowest BCUT2D eigenvalue weighted by atomic mass is 9.98. The number of alkyl carbamates (subject to hydrolysis) is 1. The molecule has 0 saturated carbocycles. The molecule has 3 aromatic rings. The summed E-state index contributed by atoms with van der Waals surface area (Å²) in [6, 6.07) is 18.4. The van der Waals surface area contributed by atoms with Gasteiger partial charge >= 0.3 is 12.1 Å². The normalized spacial score (nSPS) is 13.2. The molecule has 0 aliphatic heterocycles. The van der Waals surface area contributed by atoms with E-state index < -0.39 is 18.1 Å². The number of rotatable bonds is 7. The number of nitrogens with zero attached hydrogens (tertiary/aromatic N) is 1. The first kappa shape index (κ1) is 20.9. The fraction of sp³-hybridized carbons (Fsp3) is 0.208. The van der Waals surface area contributed by atoms with Crippen LogP contribution in [0, 0.1) is 0 Å². The maximum absolute atomic E-state index is 12.4. The molecular weight excluding hydrogens is 416 g/mol. The van der Waals surface area contributed by atoms with E-state index in [0.29, 0.717) is 11.6 Å². The number of nitrogens with one attached hydrogen (secondary N) is 1. The van der Waals surface area contributed by atoms with Gasteiger partial charge in [-0.15, -0.1) is 0 Å². The molecule has 0 radical (unpaired) electrons. The van der Waals surface area contributed by atoms with E-state index in [-0.39, 0.29) is 18.9 Å². The van der Waals surface area contributed by atoms with Crippen molar-refractivity contribution in [2.45, 2.75) is 24.8 Å². The van der Waals surface area contributed by atoms with E-state index in [0.717, 1.165) is 27.8 Å². The van der Waals surface area contributed by atoms with Gasteiger partial charge in [0.2, 0.25) is 0 Å². The number of ether oxygens (including phenoxy) is 1. The highest BCUT2D eigenvalue weighted by atomic mass is 35.5. The molecule has 1 aliphatic rings. The van der Waals surface area contributed by atoms with Gasteiger partial charge in [-0.05, 0) is 46.7 Å². The molecule has 0 saturated heterocycles. The Labute approximate surface area is 184 Å². The Morgan fingerprint density at radius 1 is 1.03 bits per heavy atom. The molecule has 0 bridgehead atoms. The number of halogens is 1. The van der Waals surface area contributed by atoms with Crippen molar-refractivity contribution in [3.8, 4) is 11.1 Å². The first-order chi connectivity index (χ1) is 15.0. The van der Waals surface area contributed by atoms with Gasteiger partial charge in [0, 0.05) is 12.1 Å². The SMILES string of the molecule is O=C(N[C@@H](CCc1ccc(Cl)nc1)C(=O)O)OCC1c2ccccc2-c2ccccc21. The van der Waals surface area contributed by atoms with Crippen molar-refractivity contribution in [1.82, 2.24) is 10.3 Å². The zero-order chi connectivity index (χ0) is 21.8. The van der Waals surface area contributed by atoms with Crippen LogP contribution in [0.4, 0.5) is 4.79 Å². The lowest BCUT2D eigenvalue weighted by Crippen LogP contribution is -2.41. The molecule has 6 nitrogen and oxygen atoms in total. The summed E-state index contributed by atoms with van der Waals surface area (Å²) in [4.78, 5) is 27.9. The van der Waals surface area contributed by atoms with E-state index >= 15 is 0 Å². The molecule has 0 unspecified atom stereocenters. The number of aromatic nitrogens is 1. The highest BCUT2D eigenvalue weighted by molar-refractivity contribution is 6.29. The second kappa shape index (κ2) is 9.18. The molecule has 1 atom stereocenters. The van der Waals surface area contributed by atoms with Gasteiger partial charge in [0.05, 0.1) is 0 Å². The standard InChI is InChI=1S/C24H21ClN2O4/c25-22-12-10-15(13-26-22)9-11-21(23(28)29)27-24(30)31-14-20-18-7-3-1-5-16(18)17-6-2-4-8-19(17)20/h1-8,10,12-13,20-21H,9,11,14H2,(H,27,30)(H,28,29)/t21-/m0/s1. The molecule has 7 heteroatoms. The van der Waals surface area contributed by atoms with E-state index in [1.165, 1.54) is 0 Å². The van der Waals surface area contributed by atoms with E-state index in [2.05, 4.69) is 22.4 Å². The number of carbonyl (C=O) groups excluding carboxylic acids is 1. The number of hydrogen-bond donors (Lipinski definition) is 2. The summed E-state index contributed by atoms with van der Waals surface area (Å²) in [5.74, 6) is -1.20. The second-order valence-electron chi connectivity index (χ2n) is 7.39. The van der Waals surface area contributed by atoms with Crippen molar-refractivity contribution in [1.29, 1.82) is 0 Å². The molecule has 2 N–H and O–H groups in total. The molecule has 2 aromatic carbocycles. The highest BCUT2D eigenvalue weighted by Crippen LogP contribution is 2.44. The van der Waals surface area contributed by atoms with Crippen LogP contribution in [0.25, 0.3) is 11.1 Å². The van der Waals surface area contributed by atoms with Crippen LogP contribution in [0.3, 0.4) is 0 Å². The molecule has 1 heterocycles. The number of benzene rings is 2. The number of aryl methyl sites for hydroxylation is 1. The van der Waals surface area contributed by atoms with Gasteiger partial charge in [0.25, 0.3) is 0 Å². The Hall–Kier alpha value is -3.38. The smallest absolute Gasteiger partial charge is 0.407 e. The summed E-state index contributed by atoms with van der Waals surface area (Å²) in [5.41, 5.74) is 5.30. The number of amides is 1. The van der Waals surface area contributed by atoms with Crippen LogP contribution in [-0.4, -0.2) is 34.8 Å². The van der Waals surface area contributed by atoms with Gasteiger partial charge in [-0.2, -0.15) is 0 Å². The third-order valence-electron chi connectivity index (χ3n) is 5.44. The molecular formula is C24H21ClN2O4. The minimum absolute atomic E-state index is 0.0819. The lowest BCUT2D eigenvalue weighted by Gasteiger charge is -2.17. The Bertz CT molecular complexity index is 1060. The van der Waals surface area contributed by atoms with Crippen LogP contribution >= 0.6 is 11.6 Å². The summed E-state index contributed by atoms with van der Waals surface area (Å²) in [6.45, 7) is 0.132. The first-order valence-corrected chi connectivity index (χ1v) is 10.4. The molecule has 1 amide bonds. The van der Waals surface area contributed by atoms with Crippen molar-refractivity contribution < 1.29 is 19.4 Å². The minimum Gasteiger partial charge on any atom is -0.480 e.